The van der Waals surface area contributed by atoms with Crippen molar-refractivity contribution in [1.82, 2.24) is 0 Å². The molecule has 48 valence electrons. The van der Waals surface area contributed by atoms with Crippen molar-refractivity contribution >= 4 is 48.8 Å². The maximum atomic E-state index is 4.32. The molecule has 0 aromatic rings. The molecule has 2 atom stereocenters. The molecule has 0 nitrogen and oxygen atoms in total. The first-order valence-corrected chi connectivity index (χ1v) is 5.53. The minimum Gasteiger partial charge on any atom is -0.163 e. The van der Waals surface area contributed by atoms with E-state index in [2.05, 4.69) is 25.3 Å². The molecule has 0 amide bonds. The second-order valence-corrected chi connectivity index (χ2v) is 5.83. The fourth-order valence-electron chi connectivity index (χ4n) is 0.502. The number of rotatable bonds is 0. The maximum Gasteiger partial charge on any atom is 0.0680 e. The summed E-state index contributed by atoms with van der Waals surface area (Å²) in [5.41, 5.74) is 0. The molecular weight excluding hydrogens is 176 g/mol. The van der Waals surface area contributed by atoms with E-state index < -0.39 is 0 Å². The van der Waals surface area contributed by atoms with E-state index in [1.54, 1.807) is 0 Å². The van der Waals surface area contributed by atoms with Gasteiger partial charge in [0.2, 0.25) is 0 Å². The second-order valence-electron chi connectivity index (χ2n) is 1.52. The van der Waals surface area contributed by atoms with E-state index >= 15 is 0 Å². The predicted molar refractivity (Wildman–Crippen MR) is 50.5 cm³/mol. The minimum absolute atomic E-state index is 0.442. The fraction of sp³-hybridized carbons (Fsp3) is 1.00. The summed E-state index contributed by atoms with van der Waals surface area (Å²) in [6.45, 7) is 0. The summed E-state index contributed by atoms with van der Waals surface area (Å²) in [6, 6.07) is 0. The number of thioether (sulfide) groups is 2. The van der Waals surface area contributed by atoms with Gasteiger partial charge < -0.3 is 0 Å². The van der Waals surface area contributed by atoms with Gasteiger partial charge >= 0.3 is 0 Å². The molecule has 0 N–H and O–H groups in total. The van der Waals surface area contributed by atoms with Gasteiger partial charge in [-0.1, -0.05) is 0 Å². The molecule has 0 spiro atoms. The zero-order chi connectivity index (χ0) is 5.98. The molecule has 0 bridgehead atoms. The molecular formula is C4H8S4. The Labute approximate surface area is 69.4 Å². The first-order chi connectivity index (χ1) is 3.80. The average Bonchev–Trinajstić information content (AvgIpc) is 1.77. The van der Waals surface area contributed by atoms with E-state index in [-0.39, 0.29) is 0 Å². The Morgan fingerprint density at radius 2 is 1.38 bits per heavy atom. The molecule has 1 saturated heterocycles. The van der Waals surface area contributed by atoms with E-state index in [1.165, 1.54) is 11.5 Å². The standard InChI is InChI=1S/C4H8S4/c5-3-4(6)8-2-1-7-3/h3-6H,1-2H2. The topological polar surface area (TPSA) is 0 Å². The van der Waals surface area contributed by atoms with Crippen LogP contribution in [0.4, 0.5) is 0 Å². The normalized spacial score (nSPS) is 39.8. The van der Waals surface area contributed by atoms with Gasteiger partial charge in [0.15, 0.2) is 0 Å². The number of hydrogen-bond donors (Lipinski definition) is 2. The zero-order valence-electron chi connectivity index (χ0n) is 4.28. The van der Waals surface area contributed by atoms with Gasteiger partial charge in [0.05, 0.1) is 9.16 Å². The Bertz CT molecular complexity index is 64.4. The Morgan fingerprint density at radius 1 is 1.00 bits per heavy atom. The molecule has 0 aromatic heterocycles. The number of hydrogen-bond acceptors (Lipinski definition) is 4. The summed E-state index contributed by atoms with van der Waals surface area (Å²) in [6.07, 6.45) is 0. The van der Waals surface area contributed by atoms with E-state index in [0.717, 1.165) is 0 Å². The van der Waals surface area contributed by atoms with Gasteiger partial charge in [0.25, 0.3) is 0 Å². The van der Waals surface area contributed by atoms with Crippen LogP contribution < -0.4 is 0 Å². The van der Waals surface area contributed by atoms with Gasteiger partial charge in [-0.15, -0.1) is 23.5 Å². The summed E-state index contributed by atoms with van der Waals surface area (Å²) in [5, 5.41) is 0. The minimum atomic E-state index is 0.442. The van der Waals surface area contributed by atoms with E-state index in [1.807, 2.05) is 23.5 Å². The van der Waals surface area contributed by atoms with Crippen molar-refractivity contribution in [2.24, 2.45) is 0 Å². The average molecular weight is 184 g/mol. The van der Waals surface area contributed by atoms with Crippen molar-refractivity contribution in [2.75, 3.05) is 11.5 Å². The molecule has 0 aromatic carbocycles. The Kier molecular flexibility index (Phi) is 3.32. The van der Waals surface area contributed by atoms with Gasteiger partial charge in [-0.05, 0) is 0 Å². The molecule has 1 aliphatic rings. The highest BCUT2D eigenvalue weighted by atomic mass is 32.2. The highest BCUT2D eigenvalue weighted by molar-refractivity contribution is 8.18. The van der Waals surface area contributed by atoms with Gasteiger partial charge in [-0.3, -0.25) is 0 Å². The van der Waals surface area contributed by atoms with Crippen LogP contribution >= 0.6 is 48.8 Å². The highest BCUT2D eigenvalue weighted by Gasteiger charge is 2.18. The van der Waals surface area contributed by atoms with Crippen molar-refractivity contribution in [1.29, 1.82) is 0 Å². The van der Waals surface area contributed by atoms with Crippen molar-refractivity contribution in [3.63, 3.8) is 0 Å². The van der Waals surface area contributed by atoms with Crippen LogP contribution in [-0.2, 0) is 0 Å². The quantitative estimate of drug-likeness (QED) is 0.553. The van der Waals surface area contributed by atoms with E-state index in [0.29, 0.717) is 9.16 Å². The number of thiol groups is 2. The molecule has 8 heavy (non-hydrogen) atoms. The van der Waals surface area contributed by atoms with Gasteiger partial charge in [-0.25, -0.2) is 0 Å². The van der Waals surface area contributed by atoms with Gasteiger partial charge in [-0.2, -0.15) is 25.3 Å². The molecule has 0 aliphatic carbocycles. The zero-order valence-corrected chi connectivity index (χ0v) is 7.70. The Hall–Kier alpha value is 1.40. The molecule has 1 aliphatic heterocycles. The van der Waals surface area contributed by atoms with Crippen LogP contribution in [0.1, 0.15) is 0 Å². The van der Waals surface area contributed by atoms with Crippen LogP contribution in [0, 0.1) is 0 Å². The molecule has 1 rings (SSSR count). The lowest BCUT2D eigenvalue weighted by Gasteiger charge is -2.22. The maximum absolute atomic E-state index is 4.32. The summed E-state index contributed by atoms with van der Waals surface area (Å²) in [4.78, 5) is 0. The molecule has 2 unspecified atom stereocenters. The lowest BCUT2D eigenvalue weighted by Crippen LogP contribution is -2.14. The summed E-state index contributed by atoms with van der Waals surface area (Å²) < 4.78 is 0.883. The summed E-state index contributed by atoms with van der Waals surface area (Å²) in [7, 11) is 0. The lowest BCUT2D eigenvalue weighted by molar-refractivity contribution is 1.32. The monoisotopic (exact) mass is 184 g/mol. The Balaban J connectivity index is 2.28. The van der Waals surface area contributed by atoms with Crippen LogP contribution in [0.5, 0.6) is 0 Å². The highest BCUT2D eigenvalue weighted by Crippen LogP contribution is 2.35. The first-order valence-electron chi connectivity index (χ1n) is 2.40. The fourth-order valence-corrected chi connectivity index (χ4v) is 3.70. The van der Waals surface area contributed by atoms with Crippen molar-refractivity contribution in [3.05, 3.63) is 0 Å². The van der Waals surface area contributed by atoms with Crippen LogP contribution in [0.2, 0.25) is 0 Å². The van der Waals surface area contributed by atoms with Crippen LogP contribution in [-0.4, -0.2) is 20.7 Å². The molecule has 1 heterocycles. The third kappa shape index (κ3) is 1.97. The van der Waals surface area contributed by atoms with Crippen molar-refractivity contribution in [2.45, 2.75) is 9.16 Å². The largest absolute Gasteiger partial charge is 0.163 e. The van der Waals surface area contributed by atoms with Crippen molar-refractivity contribution in [3.8, 4) is 0 Å². The summed E-state index contributed by atoms with van der Waals surface area (Å²) >= 11 is 12.4. The van der Waals surface area contributed by atoms with Crippen molar-refractivity contribution < 1.29 is 0 Å². The van der Waals surface area contributed by atoms with Crippen LogP contribution in [0.15, 0.2) is 0 Å². The third-order valence-electron chi connectivity index (χ3n) is 0.904. The van der Waals surface area contributed by atoms with Gasteiger partial charge in [0, 0.05) is 11.5 Å². The third-order valence-corrected chi connectivity index (χ3v) is 5.57. The second kappa shape index (κ2) is 3.54. The van der Waals surface area contributed by atoms with Crippen LogP contribution in [0.3, 0.4) is 0 Å². The first kappa shape index (κ1) is 7.51. The molecule has 0 radical (unpaired) electrons. The molecule has 1 fully saturated rings. The summed E-state index contributed by atoms with van der Waals surface area (Å²) in [5.74, 6) is 2.46. The predicted octanol–water partition coefficient (Wildman–Crippen LogP) is 1.98. The van der Waals surface area contributed by atoms with Gasteiger partial charge in [0.1, 0.15) is 0 Å². The van der Waals surface area contributed by atoms with E-state index in [9.17, 15) is 0 Å². The van der Waals surface area contributed by atoms with E-state index in [4.69, 9.17) is 0 Å². The molecule has 4 heteroatoms. The smallest absolute Gasteiger partial charge is 0.0680 e. The molecule has 0 saturated carbocycles. The SMILES string of the molecule is SC1SCCSC1S. The Morgan fingerprint density at radius 3 is 1.62 bits per heavy atom. The van der Waals surface area contributed by atoms with Crippen LogP contribution in [0.25, 0.3) is 0 Å². The lowest BCUT2D eigenvalue weighted by atomic mass is 10.9.